The average Bonchev–Trinajstić information content (AvgIpc) is 4.39. The number of carbonyl (C=O) groups is 4. The van der Waals surface area contributed by atoms with Gasteiger partial charge < -0.3 is 64.9 Å². The van der Waals surface area contributed by atoms with Crippen LogP contribution < -0.4 is 31.5 Å². The van der Waals surface area contributed by atoms with E-state index in [0.717, 1.165) is 93.8 Å². The fourth-order valence-electron chi connectivity index (χ4n) is 10.5. The van der Waals surface area contributed by atoms with Gasteiger partial charge in [0, 0.05) is 84.2 Å². The molecule has 0 saturated carbocycles. The van der Waals surface area contributed by atoms with Crippen molar-refractivity contribution in [2.75, 3.05) is 95.6 Å². The number of hydrogen-bond donors (Lipinski definition) is 6. The van der Waals surface area contributed by atoms with E-state index in [2.05, 4.69) is 65.0 Å². The molecule has 3 saturated heterocycles. The fraction of sp³-hybridized carbons (Fsp3) is 0.459. The number of nitrogens with zero attached hydrogens (tertiary/aromatic N) is 5. The molecule has 4 aromatic carbocycles. The number of nitrogens with one attached hydrogen (secondary N) is 6. The Labute approximate surface area is 488 Å². The summed E-state index contributed by atoms with van der Waals surface area (Å²) in [7, 11) is 1.32. The van der Waals surface area contributed by atoms with Gasteiger partial charge in [0.2, 0.25) is 5.91 Å². The number of aromatic amines is 1. The molecular weight excluding hydrogens is 1080 g/mol. The number of H-pyrrole nitrogens is 1. The second kappa shape index (κ2) is 29.0. The van der Waals surface area contributed by atoms with E-state index in [1.165, 1.54) is 7.11 Å². The first-order valence-electron chi connectivity index (χ1n) is 28.4. The lowest BCUT2D eigenvalue weighted by Crippen LogP contribution is -2.49. The third kappa shape index (κ3) is 16.5. The molecule has 4 amide bonds. The standard InChI is InChI=1S/C61H75N11O10S/c1-61(2,3)82-60(76)67-50(51(36-62)65-48-21-18-43(34-47(48)58(74)77-4)40-16-19-45(20-17-40)71-24-28-80-29-25-71)35-44-37-64-49-9-5-8-46(56(44)49)41-12-14-42(15-13-41)52-38-72(70-69-52)23-7-26-78-30-32-81-33-31-79-27-22-63-55(73)11-6-10-54-57-53(39-83-54)66-59(75)68-57/h5,8-9,12-21,34,37-38,50-51,53-54,57,64-65H,6-7,10-11,22-33,35,39H2,1-4H3,(H,63,73)(H,67,76)(H2,66,68,75)/t50-,51-,53+,54+,57+/m0/s1. The summed E-state index contributed by atoms with van der Waals surface area (Å²) in [4.78, 5) is 56.5. The molecule has 440 valence electrons. The first-order valence-corrected chi connectivity index (χ1v) is 29.5. The highest BCUT2D eigenvalue weighted by molar-refractivity contribution is 8.00. The number of methoxy groups -OCH3 is 1. The summed E-state index contributed by atoms with van der Waals surface area (Å²) < 4.78 is 35.3. The Balaban J connectivity index is 0.744. The summed E-state index contributed by atoms with van der Waals surface area (Å²) in [5, 5.41) is 36.0. The van der Waals surface area contributed by atoms with Crippen molar-refractivity contribution in [1.82, 2.24) is 41.2 Å². The van der Waals surface area contributed by atoms with Gasteiger partial charge in [-0.25, -0.2) is 14.4 Å². The maximum Gasteiger partial charge on any atom is 0.407 e. The molecule has 3 aliphatic heterocycles. The number of aromatic nitrogens is 4. The van der Waals surface area contributed by atoms with Crippen molar-refractivity contribution in [3.63, 3.8) is 0 Å². The smallest absolute Gasteiger partial charge is 0.407 e. The van der Waals surface area contributed by atoms with E-state index in [-0.39, 0.29) is 36.0 Å². The van der Waals surface area contributed by atoms with Gasteiger partial charge in [0.25, 0.3) is 0 Å². The molecule has 0 unspecified atom stereocenters. The van der Waals surface area contributed by atoms with Crippen LogP contribution in [-0.4, -0.2) is 164 Å². The molecule has 22 heteroatoms. The molecule has 21 nitrogen and oxygen atoms in total. The number of fused-ring (bicyclic) bond motifs is 2. The lowest BCUT2D eigenvalue weighted by Gasteiger charge is -2.29. The van der Waals surface area contributed by atoms with Gasteiger partial charge in [-0.15, -0.1) is 5.10 Å². The minimum atomic E-state index is -1.03. The Morgan fingerprint density at radius 1 is 0.880 bits per heavy atom. The van der Waals surface area contributed by atoms with Gasteiger partial charge in [0.15, 0.2) is 0 Å². The summed E-state index contributed by atoms with van der Waals surface area (Å²) >= 11 is 1.86. The molecule has 3 aliphatic rings. The molecule has 83 heavy (non-hydrogen) atoms. The van der Waals surface area contributed by atoms with Crippen LogP contribution in [0.2, 0.25) is 0 Å². The fourth-order valence-corrected chi connectivity index (χ4v) is 12.0. The van der Waals surface area contributed by atoms with Crippen LogP contribution in [0.25, 0.3) is 44.4 Å². The van der Waals surface area contributed by atoms with Crippen LogP contribution in [0.1, 0.15) is 62.4 Å². The van der Waals surface area contributed by atoms with Gasteiger partial charge in [0.1, 0.15) is 17.3 Å². The number of benzene rings is 4. The number of anilines is 2. The zero-order chi connectivity index (χ0) is 58.1. The first kappa shape index (κ1) is 59.9. The molecule has 3 fully saturated rings. The molecule has 6 N–H and O–H groups in total. The number of amides is 4. The Bertz CT molecular complexity index is 3170. The summed E-state index contributed by atoms with van der Waals surface area (Å²) in [6, 6.07) is 28.4. The highest BCUT2D eigenvalue weighted by Crippen LogP contribution is 2.36. The van der Waals surface area contributed by atoms with Crippen molar-refractivity contribution in [2.45, 2.75) is 94.4 Å². The molecule has 0 bridgehead atoms. The van der Waals surface area contributed by atoms with Crippen molar-refractivity contribution < 1.29 is 47.6 Å². The van der Waals surface area contributed by atoms with Gasteiger partial charge in [0.05, 0.1) is 89.3 Å². The highest BCUT2D eigenvalue weighted by atomic mass is 32.2. The van der Waals surface area contributed by atoms with E-state index in [1.54, 1.807) is 37.6 Å². The van der Waals surface area contributed by atoms with E-state index in [0.29, 0.717) is 83.3 Å². The lowest BCUT2D eigenvalue weighted by atomic mass is 9.93. The Hall–Kier alpha value is -7.68. The molecule has 0 spiro atoms. The van der Waals surface area contributed by atoms with Crippen molar-refractivity contribution in [3.05, 3.63) is 108 Å². The summed E-state index contributed by atoms with van der Waals surface area (Å²) in [6.07, 6.45) is 6.22. The number of aryl methyl sites for hydroxylation is 1. The second-order valence-electron chi connectivity index (χ2n) is 21.6. The molecule has 0 aliphatic carbocycles. The normalized spacial score (nSPS) is 17.5. The van der Waals surface area contributed by atoms with E-state index < -0.39 is 29.7 Å². The lowest BCUT2D eigenvalue weighted by molar-refractivity contribution is -0.121. The van der Waals surface area contributed by atoms with E-state index in [1.807, 2.05) is 84.8 Å². The number of morpholine rings is 1. The Kier molecular flexibility index (Phi) is 21.0. The van der Waals surface area contributed by atoms with Gasteiger partial charge in [-0.1, -0.05) is 59.8 Å². The van der Waals surface area contributed by atoms with Gasteiger partial charge in [-0.2, -0.15) is 17.0 Å². The largest absolute Gasteiger partial charge is 0.465 e. The second-order valence-corrected chi connectivity index (χ2v) is 22.9. The monoisotopic (exact) mass is 1150 g/mol. The Morgan fingerprint density at radius 2 is 1.60 bits per heavy atom. The molecule has 0 radical (unpaired) electrons. The van der Waals surface area contributed by atoms with Crippen LogP contribution >= 0.6 is 11.8 Å². The minimum Gasteiger partial charge on any atom is -0.465 e. The number of urea groups is 1. The molecular formula is C61H75N11O10S. The summed E-state index contributed by atoms with van der Waals surface area (Å²) in [5.74, 6) is 0.341. The number of thioether (sulfide) groups is 1. The van der Waals surface area contributed by atoms with Crippen molar-refractivity contribution in [3.8, 4) is 39.6 Å². The number of carbonyl (C=O) groups excluding carboxylic acids is 4. The Morgan fingerprint density at radius 3 is 2.35 bits per heavy atom. The first-order chi connectivity index (χ1) is 40.3. The number of hydrogen-bond acceptors (Lipinski definition) is 16. The number of rotatable bonds is 28. The number of alkyl carbamates (subject to hydrolysis) is 1. The number of nitriles is 1. The van der Waals surface area contributed by atoms with Gasteiger partial charge in [-0.05, 0) is 105 Å². The maximum atomic E-state index is 13.5. The SMILES string of the molecule is COC(=O)c1cc(-c2ccc(N3CCOCC3)cc2)ccc1N[C@@H](C#N)[C@H](Cc1c[nH]c2cccc(-c3ccc(-c4cn(CCCOCCOCCOCCNC(=O)CCC[C@H]5SC[C@H]6NC(=O)N[C@H]65)nn4)cc3)c12)NC(=O)OC(C)(C)C. The van der Waals surface area contributed by atoms with Crippen LogP contribution in [0.5, 0.6) is 0 Å². The van der Waals surface area contributed by atoms with E-state index in [4.69, 9.17) is 28.4 Å². The minimum absolute atomic E-state index is 0.00799. The van der Waals surface area contributed by atoms with Crippen LogP contribution in [0.4, 0.5) is 21.0 Å². The molecule has 9 rings (SSSR count). The van der Waals surface area contributed by atoms with Crippen molar-refractivity contribution in [2.24, 2.45) is 0 Å². The van der Waals surface area contributed by atoms with Crippen molar-refractivity contribution >= 4 is 58.0 Å². The predicted molar refractivity (Wildman–Crippen MR) is 318 cm³/mol. The van der Waals surface area contributed by atoms with Crippen LogP contribution in [0.15, 0.2) is 97.3 Å². The zero-order valence-electron chi connectivity index (χ0n) is 47.6. The van der Waals surface area contributed by atoms with Crippen molar-refractivity contribution in [1.29, 1.82) is 5.26 Å². The molecule has 2 aromatic heterocycles. The van der Waals surface area contributed by atoms with Crippen LogP contribution in [0, 0.1) is 11.3 Å². The van der Waals surface area contributed by atoms with Gasteiger partial charge >= 0.3 is 18.1 Å². The number of esters is 1. The number of ether oxygens (including phenoxy) is 6. The van der Waals surface area contributed by atoms with E-state index >= 15 is 0 Å². The van der Waals surface area contributed by atoms with Crippen LogP contribution in [0.3, 0.4) is 0 Å². The van der Waals surface area contributed by atoms with E-state index in [9.17, 15) is 24.4 Å². The highest BCUT2D eigenvalue weighted by Gasteiger charge is 2.42. The maximum absolute atomic E-state index is 13.5. The summed E-state index contributed by atoms with van der Waals surface area (Å²) in [6.45, 7) is 12.1. The third-order valence-corrected chi connectivity index (χ3v) is 16.1. The molecule has 6 aromatic rings. The molecule has 5 atom stereocenters. The van der Waals surface area contributed by atoms with Gasteiger partial charge in [-0.3, -0.25) is 9.48 Å². The summed E-state index contributed by atoms with van der Waals surface area (Å²) in [5.41, 5.74) is 7.86. The average molecular weight is 1150 g/mol. The third-order valence-electron chi connectivity index (χ3n) is 14.6. The topological polar surface area (TPSA) is 257 Å². The zero-order valence-corrected chi connectivity index (χ0v) is 48.4. The predicted octanol–water partition coefficient (Wildman–Crippen LogP) is 7.72. The van der Waals surface area contributed by atoms with Crippen LogP contribution in [-0.2, 0) is 46.2 Å². The quantitative estimate of drug-likeness (QED) is 0.0156. The molecule has 5 heterocycles.